The Hall–Kier alpha value is 0.310. The van der Waals surface area contributed by atoms with Crippen molar-refractivity contribution in [2.24, 2.45) is 10.4 Å². The number of thioether (sulfide) groups is 1. The lowest BCUT2D eigenvalue weighted by Gasteiger charge is -2.25. The van der Waals surface area contributed by atoms with Gasteiger partial charge in [-0.25, -0.2) is 0 Å². The second-order valence-corrected chi connectivity index (χ2v) is 6.72. The van der Waals surface area contributed by atoms with Crippen LogP contribution in [-0.2, 0) is 4.74 Å². The van der Waals surface area contributed by atoms with E-state index in [9.17, 15) is 0 Å². The van der Waals surface area contributed by atoms with Gasteiger partial charge in [0.15, 0.2) is 5.96 Å². The average molecular weight is 399 g/mol. The predicted molar refractivity (Wildman–Crippen MR) is 93.8 cm³/mol. The van der Waals surface area contributed by atoms with E-state index in [1.54, 1.807) is 0 Å². The van der Waals surface area contributed by atoms with Crippen LogP contribution in [0.4, 0.5) is 0 Å². The van der Waals surface area contributed by atoms with E-state index >= 15 is 0 Å². The molecule has 0 amide bonds. The highest BCUT2D eigenvalue weighted by atomic mass is 127. The monoisotopic (exact) mass is 399 g/mol. The van der Waals surface area contributed by atoms with Gasteiger partial charge in [0, 0.05) is 44.0 Å². The van der Waals surface area contributed by atoms with Crippen LogP contribution >= 0.6 is 35.7 Å². The fourth-order valence-electron chi connectivity index (χ4n) is 2.74. The number of halogens is 1. The van der Waals surface area contributed by atoms with Crippen molar-refractivity contribution < 1.29 is 4.74 Å². The van der Waals surface area contributed by atoms with Crippen molar-refractivity contribution in [1.29, 1.82) is 0 Å². The van der Waals surface area contributed by atoms with Crippen LogP contribution in [0.1, 0.15) is 19.8 Å². The van der Waals surface area contributed by atoms with E-state index in [2.05, 4.69) is 28.4 Å². The third-order valence-electron chi connectivity index (χ3n) is 4.08. The Morgan fingerprint density at radius 2 is 2.32 bits per heavy atom. The number of rotatable bonds is 3. The van der Waals surface area contributed by atoms with Gasteiger partial charge in [-0.15, -0.1) is 24.0 Å². The van der Waals surface area contributed by atoms with Gasteiger partial charge in [-0.1, -0.05) is 6.92 Å². The van der Waals surface area contributed by atoms with Crippen molar-refractivity contribution in [1.82, 2.24) is 10.2 Å². The number of nitrogens with one attached hydrogen (secondary N) is 1. The Morgan fingerprint density at radius 3 is 2.89 bits per heavy atom. The molecular weight excluding hydrogens is 373 g/mol. The van der Waals surface area contributed by atoms with Crippen LogP contribution in [0.3, 0.4) is 0 Å². The second kappa shape index (κ2) is 7.93. The molecule has 19 heavy (non-hydrogen) atoms. The zero-order chi connectivity index (χ0) is 13.0. The maximum Gasteiger partial charge on any atom is 0.193 e. The minimum absolute atomic E-state index is 0. The summed E-state index contributed by atoms with van der Waals surface area (Å²) in [6.07, 6.45) is 4.60. The summed E-state index contributed by atoms with van der Waals surface area (Å²) in [7, 11) is 1.88. The third-order valence-corrected chi connectivity index (χ3v) is 5.06. The fourth-order valence-corrected chi connectivity index (χ4v) is 2.99. The molecule has 6 heteroatoms. The first-order chi connectivity index (χ1) is 8.69. The summed E-state index contributed by atoms with van der Waals surface area (Å²) in [5.74, 6) is 1.06. The lowest BCUT2D eigenvalue weighted by Crippen LogP contribution is -2.43. The van der Waals surface area contributed by atoms with Crippen molar-refractivity contribution >= 4 is 41.7 Å². The lowest BCUT2D eigenvalue weighted by molar-refractivity contribution is 0.156. The quantitative estimate of drug-likeness (QED) is 0.448. The first-order valence-electron chi connectivity index (χ1n) is 6.75. The summed E-state index contributed by atoms with van der Waals surface area (Å²) < 4.78 is 5.57. The smallest absolute Gasteiger partial charge is 0.193 e. The Balaban J connectivity index is 0.00000180. The van der Waals surface area contributed by atoms with Gasteiger partial charge in [0.05, 0.1) is 6.61 Å². The van der Waals surface area contributed by atoms with Crippen LogP contribution < -0.4 is 5.32 Å². The molecule has 2 atom stereocenters. The Morgan fingerprint density at radius 1 is 1.53 bits per heavy atom. The first kappa shape index (κ1) is 17.4. The minimum Gasteiger partial charge on any atom is -0.381 e. The molecule has 2 saturated heterocycles. The number of hydrogen-bond donors (Lipinski definition) is 1. The summed E-state index contributed by atoms with van der Waals surface area (Å²) in [5.41, 5.74) is 0.405. The van der Waals surface area contributed by atoms with Crippen LogP contribution in [0.25, 0.3) is 0 Å². The molecule has 2 rings (SSSR count). The van der Waals surface area contributed by atoms with Crippen molar-refractivity contribution in [3.8, 4) is 0 Å². The van der Waals surface area contributed by atoms with Gasteiger partial charge in [0.2, 0.25) is 0 Å². The summed E-state index contributed by atoms with van der Waals surface area (Å²) in [6, 6.07) is 0. The van der Waals surface area contributed by atoms with Crippen molar-refractivity contribution in [3.63, 3.8) is 0 Å². The van der Waals surface area contributed by atoms with Crippen LogP contribution in [0.5, 0.6) is 0 Å². The van der Waals surface area contributed by atoms with E-state index in [1.165, 1.54) is 12.8 Å². The number of hydrogen-bond acceptors (Lipinski definition) is 3. The largest absolute Gasteiger partial charge is 0.381 e. The molecular formula is C13H26IN3OS. The normalized spacial score (nSPS) is 28.6. The van der Waals surface area contributed by atoms with Crippen molar-refractivity contribution in [3.05, 3.63) is 0 Å². The van der Waals surface area contributed by atoms with Gasteiger partial charge in [0.1, 0.15) is 0 Å². The highest BCUT2D eigenvalue weighted by Crippen LogP contribution is 2.38. The van der Waals surface area contributed by atoms with Gasteiger partial charge in [0.25, 0.3) is 0 Å². The Kier molecular flexibility index (Phi) is 7.24. The van der Waals surface area contributed by atoms with E-state index in [0.717, 1.165) is 38.8 Å². The topological polar surface area (TPSA) is 36.9 Å². The molecule has 0 aromatic rings. The number of guanidine groups is 1. The van der Waals surface area contributed by atoms with E-state index in [4.69, 9.17) is 4.74 Å². The molecule has 2 heterocycles. The van der Waals surface area contributed by atoms with Gasteiger partial charge < -0.3 is 15.0 Å². The number of aliphatic imine (C=N–C) groups is 1. The van der Waals surface area contributed by atoms with Gasteiger partial charge in [-0.05, 0) is 19.1 Å². The SMILES string of the molecule is CN=C(NCC(C)SC)N1CCC2(CCOC2)C1.I. The van der Waals surface area contributed by atoms with Crippen molar-refractivity contribution in [2.75, 3.05) is 46.2 Å². The maximum atomic E-state index is 5.57. The molecule has 0 saturated carbocycles. The van der Waals surface area contributed by atoms with Gasteiger partial charge >= 0.3 is 0 Å². The molecule has 2 fully saturated rings. The molecule has 0 bridgehead atoms. The zero-order valence-corrected chi connectivity index (χ0v) is 15.3. The maximum absolute atomic E-state index is 5.57. The number of nitrogens with zero attached hydrogens (tertiary/aromatic N) is 2. The predicted octanol–water partition coefficient (Wildman–Crippen LogP) is 2.04. The van der Waals surface area contributed by atoms with E-state index in [1.807, 2.05) is 18.8 Å². The summed E-state index contributed by atoms with van der Waals surface area (Å²) in [4.78, 5) is 6.80. The molecule has 2 aliphatic rings. The highest BCUT2D eigenvalue weighted by molar-refractivity contribution is 14.0. The molecule has 0 aromatic carbocycles. The van der Waals surface area contributed by atoms with Crippen LogP contribution in [-0.4, -0.2) is 62.3 Å². The molecule has 0 aliphatic carbocycles. The van der Waals surface area contributed by atoms with Crippen molar-refractivity contribution in [2.45, 2.75) is 25.0 Å². The molecule has 2 aliphatic heterocycles. The Bertz CT molecular complexity index is 308. The molecule has 2 unspecified atom stereocenters. The van der Waals surface area contributed by atoms with Gasteiger partial charge in [-0.3, -0.25) is 4.99 Å². The zero-order valence-electron chi connectivity index (χ0n) is 12.1. The molecule has 1 N–H and O–H groups in total. The van der Waals surface area contributed by atoms with Gasteiger partial charge in [-0.2, -0.15) is 11.8 Å². The molecule has 0 radical (unpaired) electrons. The fraction of sp³-hybridized carbons (Fsp3) is 0.923. The summed E-state index contributed by atoms with van der Waals surface area (Å²) in [6.45, 7) is 7.29. The second-order valence-electron chi connectivity index (χ2n) is 5.45. The van der Waals surface area contributed by atoms with Crippen LogP contribution in [0.2, 0.25) is 0 Å². The number of likely N-dealkylation sites (tertiary alicyclic amines) is 1. The minimum atomic E-state index is 0. The van der Waals surface area contributed by atoms with E-state index < -0.39 is 0 Å². The number of ether oxygens (including phenoxy) is 1. The van der Waals surface area contributed by atoms with Crippen LogP contribution in [0.15, 0.2) is 4.99 Å². The molecule has 112 valence electrons. The van der Waals surface area contributed by atoms with Crippen LogP contribution in [0, 0.1) is 5.41 Å². The standard InChI is InChI=1S/C13H25N3OS.HI/c1-11(18-3)8-15-12(14-2)16-6-4-13(9-16)5-7-17-10-13;/h11H,4-10H2,1-3H3,(H,14,15);1H. The molecule has 1 spiro atoms. The average Bonchev–Trinajstić information content (AvgIpc) is 3.01. The van der Waals surface area contributed by atoms with E-state index in [-0.39, 0.29) is 24.0 Å². The Labute approximate surface area is 138 Å². The highest BCUT2D eigenvalue weighted by Gasteiger charge is 2.42. The van der Waals surface area contributed by atoms with E-state index in [0.29, 0.717) is 10.7 Å². The first-order valence-corrected chi connectivity index (χ1v) is 8.04. The lowest BCUT2D eigenvalue weighted by atomic mass is 9.87. The summed E-state index contributed by atoms with van der Waals surface area (Å²) in [5, 5.41) is 4.10. The third kappa shape index (κ3) is 4.39. The molecule has 0 aromatic heterocycles. The summed E-state index contributed by atoms with van der Waals surface area (Å²) >= 11 is 1.88. The molecule has 4 nitrogen and oxygen atoms in total.